The van der Waals surface area contributed by atoms with Gasteiger partial charge in [0.1, 0.15) is 110 Å². The summed E-state index contributed by atoms with van der Waals surface area (Å²) < 4.78 is 319. The smallest absolute Gasteiger partial charge is 0.223 e. The number of carbonyl (C=O) groups is 1. The molecule has 0 aromatic heterocycles. The molecule has 0 N–H and O–H groups in total. The first kappa shape index (κ1) is 75.0. The van der Waals surface area contributed by atoms with E-state index in [-0.39, 0.29) is 0 Å². The number of carbonyl (C=O) groups excluding carboxylic acids is 1. The van der Waals surface area contributed by atoms with Crippen LogP contribution >= 0.6 is 0 Å². The lowest BCUT2D eigenvalue weighted by atomic mass is 9.91. The molecule has 0 aliphatic carbocycles. The molecule has 0 amide bonds. The number of carboxylic acids is 1. The van der Waals surface area contributed by atoms with Crippen molar-refractivity contribution in [1.29, 1.82) is 0 Å². The number of aliphatic carboxylic acids is 1. The summed E-state index contributed by atoms with van der Waals surface area (Å²) in [5, 5.41) is 25.6. The molecule has 7 rings (SSSR count). The van der Waals surface area contributed by atoms with E-state index in [1.54, 1.807) is 0 Å². The predicted molar refractivity (Wildman–Crippen MR) is 252 cm³/mol. The van der Waals surface area contributed by atoms with Gasteiger partial charge in [-0.25, -0.2) is 42.1 Å². The first-order chi connectivity index (χ1) is 41.1. The number of methoxy groups -OCH3 is 9. The van der Waals surface area contributed by atoms with Gasteiger partial charge < -0.3 is 133 Å². The minimum Gasteiger partial charge on any atom is -0.834 e. The van der Waals surface area contributed by atoms with E-state index in [1.807, 2.05) is 0 Å². The maximum Gasteiger partial charge on any atom is 0.223 e. The number of carboxylic acid groups (broad SMARTS) is 1. The Morgan fingerprint density at radius 1 is 0.432 bits per heavy atom. The highest BCUT2D eigenvalue weighted by Crippen LogP contribution is 2.46. The molecule has 43 nitrogen and oxygen atoms in total. The summed E-state index contributed by atoms with van der Waals surface area (Å²) in [6.45, 7) is -5.70. The van der Waals surface area contributed by atoms with Crippen molar-refractivity contribution >= 4 is 58.0 Å². The topological polar surface area (TPSA) is 580 Å². The fourth-order valence-electron chi connectivity index (χ4n) is 10.6. The van der Waals surface area contributed by atoms with Crippen LogP contribution in [0.1, 0.15) is 0 Å². The summed E-state index contributed by atoms with van der Waals surface area (Å²) in [6.07, 6.45) is -48.8. The first-order valence-corrected chi connectivity index (χ1v) is 31.5. The standard InChI is InChI=1S/C40H67O43S5/c1-59-10-15-19(22(62-4)31(35(67-9)72-15)82-87(53,54)55)76-39-30-26(64-6)33(40(80-39,13-68-30)69-14-41)79-38-32(83-88(56,57)58)25(81-86(50,51)52)20(17(74-38)12-71-85(47,48)49)75-37-29(66-8)23(63-5)24(27(78-37)34(42)43)77-36-28(65-7)21(61-3)18(60-2)16(73-36)11-70-84(44,45)46/h15-33,35-39H,10-14H2,1-9H3,(H,42,43)(H,44,45,46)(H,47,48,49)(H,50,51,52)(H,53,54,55)(H,56,57,58)/q-1/p-6/t15-,16-,17?,18+,19+,20?,21?,22?,23?,24-,25-,26-,27+,28?,29?,30+,31?,32?,33?,35-,36+,37+,38-,39+,40?/m0/s1. The van der Waals surface area contributed by atoms with Gasteiger partial charge in [-0.05, 0) is 6.79 Å². The number of hydrogen-bond donors (Lipinski definition) is 0. The molecule has 11 unspecified atom stereocenters. The number of rotatable bonds is 33. The van der Waals surface area contributed by atoms with Gasteiger partial charge in [0, 0.05) is 64.0 Å². The first-order valence-electron chi connectivity index (χ1n) is 24.9. The van der Waals surface area contributed by atoms with Gasteiger partial charge in [-0.3, -0.25) is 20.9 Å². The van der Waals surface area contributed by atoms with Gasteiger partial charge in [-0.15, -0.1) is 0 Å². The van der Waals surface area contributed by atoms with Crippen LogP contribution in [-0.2, 0) is 172 Å². The Bertz CT molecular complexity index is 2830. The fraction of sp³-hybridized carbons (Fsp3) is 0.975. The van der Waals surface area contributed by atoms with Crippen molar-refractivity contribution in [2.24, 2.45) is 0 Å². The van der Waals surface area contributed by atoms with E-state index in [0.717, 1.165) is 56.9 Å². The highest BCUT2D eigenvalue weighted by atomic mass is 32.3. The van der Waals surface area contributed by atoms with Gasteiger partial charge in [-0.2, -0.15) is 0 Å². The van der Waals surface area contributed by atoms with Crippen LogP contribution in [0.2, 0.25) is 0 Å². The quantitative estimate of drug-likeness (QED) is 0.0334. The van der Waals surface area contributed by atoms with Crippen molar-refractivity contribution in [3.05, 3.63) is 0 Å². The Morgan fingerprint density at radius 2 is 0.830 bits per heavy atom. The molecule has 0 spiro atoms. The van der Waals surface area contributed by atoms with Crippen LogP contribution in [0, 0.1) is 0 Å². The van der Waals surface area contributed by atoms with Crippen molar-refractivity contribution in [3.63, 3.8) is 0 Å². The zero-order valence-electron chi connectivity index (χ0n) is 47.0. The van der Waals surface area contributed by atoms with Crippen LogP contribution in [0.25, 0.3) is 0 Å². The molecule has 7 saturated heterocycles. The summed E-state index contributed by atoms with van der Waals surface area (Å²) in [5.41, 5.74) is 0. The van der Waals surface area contributed by atoms with Crippen molar-refractivity contribution < 1.29 is 196 Å². The highest BCUT2D eigenvalue weighted by Gasteiger charge is 2.66. The molecule has 2 bridgehead atoms. The molecule has 7 aliphatic heterocycles. The Kier molecular flexibility index (Phi) is 26.4. The van der Waals surface area contributed by atoms with E-state index in [0.29, 0.717) is 0 Å². The average molecular weight is 1390 g/mol. The molecule has 516 valence electrons. The van der Waals surface area contributed by atoms with E-state index >= 15 is 0 Å². The predicted octanol–water partition coefficient (Wildman–Crippen LogP) is -10.1. The van der Waals surface area contributed by atoms with Crippen LogP contribution < -0.4 is 10.2 Å². The van der Waals surface area contributed by atoms with Gasteiger partial charge in [0.15, 0.2) is 43.7 Å². The molecule has 0 radical (unpaired) electrons. The summed E-state index contributed by atoms with van der Waals surface area (Å²) in [4.78, 5) is 13.1. The van der Waals surface area contributed by atoms with Crippen molar-refractivity contribution in [2.75, 3.05) is 97.2 Å². The molecule has 0 saturated carbocycles. The Hall–Kier alpha value is -2.02. The van der Waals surface area contributed by atoms with E-state index < -0.39 is 244 Å². The van der Waals surface area contributed by atoms with Crippen LogP contribution in [0.3, 0.4) is 0 Å². The number of ether oxygens (including phenoxy) is 20. The van der Waals surface area contributed by atoms with E-state index in [2.05, 4.69) is 12.5 Å². The second kappa shape index (κ2) is 31.0. The molecule has 0 aromatic rings. The normalized spacial score (nSPS) is 40.4. The maximum absolute atomic E-state index is 13.1. The van der Waals surface area contributed by atoms with Gasteiger partial charge in [0.2, 0.25) is 57.8 Å². The van der Waals surface area contributed by atoms with Crippen LogP contribution in [0.15, 0.2) is 0 Å². The van der Waals surface area contributed by atoms with E-state index in [4.69, 9.17) is 103 Å². The molecule has 88 heavy (non-hydrogen) atoms. The molecule has 0 aromatic carbocycles. The zero-order valence-corrected chi connectivity index (χ0v) is 51.1. The van der Waals surface area contributed by atoms with E-state index in [9.17, 15) is 79.9 Å². The molecular formula is C40H61O43S5-7. The molecule has 25 atom stereocenters. The largest absolute Gasteiger partial charge is 0.834 e. The fourth-order valence-corrected chi connectivity index (χ4v) is 12.7. The molecule has 7 heterocycles. The molecule has 48 heteroatoms. The Morgan fingerprint density at radius 3 is 1.28 bits per heavy atom. The van der Waals surface area contributed by atoms with Crippen molar-refractivity contribution in [1.82, 2.24) is 0 Å². The third-order valence-corrected chi connectivity index (χ3v) is 16.2. The maximum atomic E-state index is 13.1. The van der Waals surface area contributed by atoms with Gasteiger partial charge in [0.25, 0.3) is 0 Å². The SMILES string of the molecule is COC[C@@H]1O[C@H](OC)C(OS(=O)(=O)[O-])C(OC)[C@@H]1O[C@@H]1OC2(OC[O-])CO[C@@H]1[C@H](OC)C2O[C@@H]1OC(COS(=O)(=O)[O-])C(O[C@@H]2O[C@@H](C(=O)[O-])[C@@H](O[C@H]3O[C@@H](COS(=O)(=O)[O-])[C@@H](OC)C(OC)C3OC)C(OC)C2OC)[C@H](OS(=O)(=O)[O-])C1OS(=O)(=O)[O-]. The average Bonchev–Trinajstić information content (AvgIpc) is 0.743. The van der Waals surface area contributed by atoms with Crippen molar-refractivity contribution in [3.8, 4) is 0 Å². The van der Waals surface area contributed by atoms with E-state index in [1.165, 1.54) is 7.11 Å². The summed E-state index contributed by atoms with van der Waals surface area (Å²) in [7, 11) is -20.1. The molecule has 7 aliphatic rings. The zero-order chi connectivity index (χ0) is 65.6. The van der Waals surface area contributed by atoms with Crippen LogP contribution in [0.4, 0.5) is 0 Å². The molecule has 7 fully saturated rings. The third kappa shape index (κ3) is 18.5. The second-order valence-electron chi connectivity index (χ2n) is 19.0. The summed E-state index contributed by atoms with van der Waals surface area (Å²) >= 11 is 0. The Balaban J connectivity index is 1.40. The lowest BCUT2D eigenvalue weighted by Gasteiger charge is -2.58. The molecular weight excluding hydrogens is 1330 g/mol. The minimum atomic E-state index is -6.34. The van der Waals surface area contributed by atoms with Crippen molar-refractivity contribution in [2.45, 2.75) is 153 Å². The van der Waals surface area contributed by atoms with Crippen LogP contribution in [0.5, 0.6) is 0 Å². The highest BCUT2D eigenvalue weighted by molar-refractivity contribution is 7.81. The lowest BCUT2D eigenvalue weighted by Crippen LogP contribution is -2.76. The monoisotopic (exact) mass is 1390 g/mol. The summed E-state index contributed by atoms with van der Waals surface area (Å²) in [5.74, 6) is -4.97. The number of hydrogen-bond acceptors (Lipinski definition) is 43. The van der Waals surface area contributed by atoms with Gasteiger partial charge in [-0.1, -0.05) is 0 Å². The third-order valence-electron chi connectivity index (χ3n) is 14.0. The second-order valence-corrected chi connectivity index (χ2v) is 24.1. The Labute approximate surface area is 502 Å². The summed E-state index contributed by atoms with van der Waals surface area (Å²) in [6, 6.07) is 0. The van der Waals surface area contributed by atoms with Gasteiger partial charge in [0.05, 0.1) is 25.8 Å². The van der Waals surface area contributed by atoms with Crippen LogP contribution in [-0.4, -0.2) is 321 Å². The number of fused-ring (bicyclic) bond motifs is 3. The minimum absolute atomic E-state index is 0.397. The lowest BCUT2D eigenvalue weighted by molar-refractivity contribution is -0.529. The van der Waals surface area contributed by atoms with Gasteiger partial charge >= 0.3 is 0 Å².